The van der Waals surface area contributed by atoms with Gasteiger partial charge in [-0.15, -0.1) is 0 Å². The quantitative estimate of drug-likeness (QED) is 0.812. The zero-order valence-electron chi connectivity index (χ0n) is 8.86. The highest BCUT2D eigenvalue weighted by Gasteiger charge is 2.09. The number of carbonyl (C=O) groups excluding carboxylic acids is 1. The van der Waals surface area contributed by atoms with E-state index in [4.69, 9.17) is 0 Å². The number of hydrogen-bond acceptors (Lipinski definition) is 2. The van der Waals surface area contributed by atoms with Crippen LogP contribution < -0.4 is 0 Å². The smallest absolute Gasteiger partial charge is 0.167 e. The van der Waals surface area contributed by atoms with E-state index in [0.29, 0.717) is 10.0 Å². The number of benzene rings is 1. The van der Waals surface area contributed by atoms with Crippen LogP contribution in [0.5, 0.6) is 0 Å². The number of carbonyl (C=O) groups is 1. The maximum Gasteiger partial charge on any atom is 0.167 e. The molecule has 0 saturated carbocycles. The van der Waals surface area contributed by atoms with E-state index in [1.807, 2.05) is 6.07 Å². The molecule has 0 atom stereocenters. The Morgan fingerprint density at radius 1 is 1.35 bits per heavy atom. The molecule has 0 aliphatic carbocycles. The number of hydrogen-bond donors (Lipinski definition) is 0. The van der Waals surface area contributed by atoms with Crippen molar-refractivity contribution < 1.29 is 9.18 Å². The average molecular weight is 294 g/mol. The Morgan fingerprint density at radius 3 is 2.82 bits per heavy atom. The van der Waals surface area contributed by atoms with Crippen molar-refractivity contribution in [1.29, 1.82) is 0 Å². The van der Waals surface area contributed by atoms with Gasteiger partial charge in [-0.3, -0.25) is 9.78 Å². The first-order chi connectivity index (χ1) is 8.15. The maximum absolute atomic E-state index is 13.1. The standard InChI is InChI=1S/C13H9BrFNO/c14-11-5-10(6-12(15)7-11)13(17)4-9-2-1-3-16-8-9/h1-3,5-8H,4H2. The fraction of sp³-hybridized carbons (Fsp3) is 0.0769. The van der Waals surface area contributed by atoms with Crippen LogP contribution in [0.25, 0.3) is 0 Å². The summed E-state index contributed by atoms with van der Waals surface area (Å²) in [5.74, 6) is -0.549. The highest BCUT2D eigenvalue weighted by Crippen LogP contribution is 2.16. The van der Waals surface area contributed by atoms with Crippen LogP contribution in [0.2, 0.25) is 0 Å². The molecule has 0 spiro atoms. The van der Waals surface area contributed by atoms with Crippen LogP contribution in [-0.2, 0) is 6.42 Å². The zero-order valence-corrected chi connectivity index (χ0v) is 10.4. The summed E-state index contributed by atoms with van der Waals surface area (Å²) in [6, 6.07) is 7.76. The summed E-state index contributed by atoms with van der Waals surface area (Å²) in [4.78, 5) is 15.8. The Hall–Kier alpha value is -1.55. The van der Waals surface area contributed by atoms with Gasteiger partial charge in [0.2, 0.25) is 0 Å². The molecule has 0 saturated heterocycles. The van der Waals surface area contributed by atoms with Gasteiger partial charge in [0.1, 0.15) is 5.82 Å². The molecule has 0 fully saturated rings. The van der Waals surface area contributed by atoms with Crippen molar-refractivity contribution in [2.75, 3.05) is 0 Å². The summed E-state index contributed by atoms with van der Waals surface area (Å²) in [5, 5.41) is 0. The van der Waals surface area contributed by atoms with Gasteiger partial charge in [-0.1, -0.05) is 22.0 Å². The highest BCUT2D eigenvalue weighted by atomic mass is 79.9. The molecule has 0 radical (unpaired) electrons. The van der Waals surface area contributed by atoms with Crippen LogP contribution in [0, 0.1) is 5.82 Å². The van der Waals surface area contributed by atoms with E-state index in [9.17, 15) is 9.18 Å². The number of halogens is 2. The molecule has 2 rings (SSSR count). The third-order valence-electron chi connectivity index (χ3n) is 2.27. The second-order valence-corrected chi connectivity index (χ2v) is 4.54. The Balaban J connectivity index is 2.20. The Morgan fingerprint density at radius 2 is 2.18 bits per heavy atom. The fourth-order valence-electron chi connectivity index (χ4n) is 1.50. The van der Waals surface area contributed by atoms with Crippen molar-refractivity contribution >= 4 is 21.7 Å². The lowest BCUT2D eigenvalue weighted by molar-refractivity contribution is 0.0992. The van der Waals surface area contributed by atoms with E-state index < -0.39 is 5.82 Å². The van der Waals surface area contributed by atoms with Crippen LogP contribution in [0.4, 0.5) is 4.39 Å². The number of ketones is 1. The molecule has 17 heavy (non-hydrogen) atoms. The molecule has 1 aromatic carbocycles. The molecule has 0 amide bonds. The van der Waals surface area contributed by atoms with Gasteiger partial charge in [0, 0.05) is 28.9 Å². The molecule has 2 aromatic rings. The van der Waals surface area contributed by atoms with Gasteiger partial charge in [0.15, 0.2) is 5.78 Å². The lowest BCUT2D eigenvalue weighted by Crippen LogP contribution is -2.04. The SMILES string of the molecule is O=C(Cc1cccnc1)c1cc(F)cc(Br)c1. The lowest BCUT2D eigenvalue weighted by atomic mass is 10.0. The van der Waals surface area contributed by atoms with Crippen molar-refractivity contribution in [2.24, 2.45) is 0 Å². The monoisotopic (exact) mass is 293 g/mol. The number of Topliss-reactive ketones (excluding diaryl/α,β-unsaturated/α-hetero) is 1. The average Bonchev–Trinajstić information content (AvgIpc) is 2.29. The van der Waals surface area contributed by atoms with Crippen LogP contribution in [0.15, 0.2) is 47.2 Å². The van der Waals surface area contributed by atoms with E-state index >= 15 is 0 Å². The number of pyridine rings is 1. The first-order valence-corrected chi connectivity index (χ1v) is 5.82. The van der Waals surface area contributed by atoms with Gasteiger partial charge in [-0.25, -0.2) is 4.39 Å². The molecule has 1 heterocycles. The number of nitrogens with zero attached hydrogens (tertiary/aromatic N) is 1. The Kier molecular flexibility index (Phi) is 3.64. The number of rotatable bonds is 3. The van der Waals surface area contributed by atoms with Gasteiger partial charge >= 0.3 is 0 Å². The molecule has 4 heteroatoms. The summed E-state index contributed by atoms with van der Waals surface area (Å²) < 4.78 is 13.7. The maximum atomic E-state index is 13.1. The number of aromatic nitrogens is 1. The third kappa shape index (κ3) is 3.20. The van der Waals surface area contributed by atoms with Crippen molar-refractivity contribution in [3.8, 4) is 0 Å². The van der Waals surface area contributed by atoms with Crippen LogP contribution in [0.3, 0.4) is 0 Å². The zero-order chi connectivity index (χ0) is 12.3. The molecule has 86 valence electrons. The first kappa shape index (κ1) is 11.9. The van der Waals surface area contributed by atoms with Gasteiger partial charge in [-0.2, -0.15) is 0 Å². The normalized spacial score (nSPS) is 10.2. The minimum atomic E-state index is -0.422. The molecular formula is C13H9BrFNO. The Labute approximate surface area is 107 Å². The minimum absolute atomic E-state index is 0.127. The third-order valence-corrected chi connectivity index (χ3v) is 2.73. The summed E-state index contributed by atoms with van der Waals surface area (Å²) in [6.07, 6.45) is 3.50. The molecule has 0 unspecified atom stereocenters. The van der Waals surface area contributed by atoms with E-state index in [0.717, 1.165) is 5.56 Å². The van der Waals surface area contributed by atoms with Gasteiger partial charge in [0.25, 0.3) is 0 Å². The molecular weight excluding hydrogens is 285 g/mol. The van der Waals surface area contributed by atoms with Crippen molar-refractivity contribution in [1.82, 2.24) is 4.98 Å². The summed E-state index contributed by atoms with van der Waals surface area (Å²) in [7, 11) is 0. The summed E-state index contributed by atoms with van der Waals surface area (Å²) >= 11 is 3.16. The molecule has 0 N–H and O–H groups in total. The van der Waals surface area contributed by atoms with E-state index in [1.54, 1.807) is 24.5 Å². The van der Waals surface area contributed by atoms with Crippen molar-refractivity contribution in [3.63, 3.8) is 0 Å². The fourth-order valence-corrected chi connectivity index (χ4v) is 1.97. The van der Waals surface area contributed by atoms with Crippen LogP contribution in [0.1, 0.15) is 15.9 Å². The predicted octanol–water partition coefficient (Wildman–Crippen LogP) is 3.41. The summed E-state index contributed by atoms with van der Waals surface area (Å²) in [5.41, 5.74) is 1.18. The van der Waals surface area contributed by atoms with Crippen molar-refractivity contribution in [2.45, 2.75) is 6.42 Å². The first-order valence-electron chi connectivity index (χ1n) is 5.03. The lowest BCUT2D eigenvalue weighted by Gasteiger charge is -2.02. The predicted molar refractivity (Wildman–Crippen MR) is 66.4 cm³/mol. The molecule has 2 nitrogen and oxygen atoms in total. The van der Waals surface area contributed by atoms with Crippen molar-refractivity contribution in [3.05, 3.63) is 64.1 Å². The summed E-state index contributed by atoms with van der Waals surface area (Å²) in [6.45, 7) is 0. The topological polar surface area (TPSA) is 30.0 Å². The second kappa shape index (κ2) is 5.19. The van der Waals surface area contributed by atoms with Gasteiger partial charge < -0.3 is 0 Å². The van der Waals surface area contributed by atoms with Crippen LogP contribution >= 0.6 is 15.9 Å². The molecule has 1 aromatic heterocycles. The molecule has 0 bridgehead atoms. The molecule has 0 aliphatic heterocycles. The van der Waals surface area contributed by atoms with Gasteiger partial charge in [-0.05, 0) is 29.8 Å². The van der Waals surface area contributed by atoms with Crippen LogP contribution in [-0.4, -0.2) is 10.8 Å². The van der Waals surface area contributed by atoms with E-state index in [-0.39, 0.29) is 12.2 Å². The minimum Gasteiger partial charge on any atom is -0.294 e. The van der Waals surface area contributed by atoms with Gasteiger partial charge in [0.05, 0.1) is 0 Å². The highest BCUT2D eigenvalue weighted by molar-refractivity contribution is 9.10. The van der Waals surface area contributed by atoms with E-state index in [2.05, 4.69) is 20.9 Å². The second-order valence-electron chi connectivity index (χ2n) is 3.62. The molecule has 0 aliphatic rings. The largest absolute Gasteiger partial charge is 0.294 e. The Bertz CT molecular complexity index is 522. The van der Waals surface area contributed by atoms with E-state index in [1.165, 1.54) is 12.1 Å².